The number of nitrogens with two attached hydrogens (primary N) is 1. The highest BCUT2D eigenvalue weighted by Crippen LogP contribution is 2.18. The fourth-order valence-corrected chi connectivity index (χ4v) is 4.13. The van der Waals surface area contributed by atoms with Gasteiger partial charge in [-0.3, -0.25) is 4.79 Å². The van der Waals surface area contributed by atoms with Crippen molar-refractivity contribution in [2.24, 2.45) is 5.73 Å². The second-order valence-electron chi connectivity index (χ2n) is 5.90. The number of morpholine rings is 1. The van der Waals surface area contributed by atoms with Gasteiger partial charge in [0.25, 0.3) is 10.2 Å². The van der Waals surface area contributed by atoms with E-state index in [2.05, 4.69) is 0 Å². The molecule has 2 atom stereocenters. The molecule has 0 bridgehead atoms. The molecule has 1 aliphatic rings. The maximum atomic E-state index is 12.7. The van der Waals surface area contributed by atoms with E-state index in [9.17, 15) is 13.2 Å². The molecule has 1 amide bonds. The van der Waals surface area contributed by atoms with Crippen molar-refractivity contribution in [3.05, 3.63) is 35.4 Å². The van der Waals surface area contributed by atoms with E-state index in [1.807, 2.05) is 13.8 Å². The lowest BCUT2D eigenvalue weighted by Gasteiger charge is -2.36. The molecule has 0 saturated carbocycles. The molecule has 0 radical (unpaired) electrons. The number of hydrogen-bond acceptors (Lipinski definition) is 4. The number of carbonyl (C=O) groups is 1. The van der Waals surface area contributed by atoms with Crippen LogP contribution in [0.2, 0.25) is 0 Å². The summed E-state index contributed by atoms with van der Waals surface area (Å²) in [6.07, 6.45) is -0.256. The van der Waals surface area contributed by atoms with Gasteiger partial charge in [0, 0.05) is 32.2 Å². The van der Waals surface area contributed by atoms with Crippen LogP contribution in [-0.2, 0) is 21.5 Å². The summed E-state index contributed by atoms with van der Waals surface area (Å²) in [6.45, 7) is 4.64. The van der Waals surface area contributed by atoms with E-state index < -0.39 is 16.1 Å². The number of nitrogens with zero attached hydrogens (tertiary/aromatic N) is 2. The van der Waals surface area contributed by atoms with Crippen LogP contribution in [0.3, 0.4) is 0 Å². The number of hydrogen-bond donors (Lipinski definition) is 1. The highest BCUT2D eigenvalue weighted by atomic mass is 32.2. The molecule has 2 N–H and O–H groups in total. The molecule has 0 spiro atoms. The predicted octanol–water partition coefficient (Wildman–Crippen LogP) is 0.571. The SMILES string of the molecule is CC1CN(S(=O)(=O)N(C)Cc2ccc(C(N)=O)cc2)CC(C)O1. The molecule has 8 heteroatoms. The molecule has 1 aromatic rings. The smallest absolute Gasteiger partial charge is 0.282 e. The molecule has 0 aliphatic carbocycles. The van der Waals surface area contributed by atoms with Gasteiger partial charge < -0.3 is 10.5 Å². The van der Waals surface area contributed by atoms with Crippen molar-refractivity contribution in [1.29, 1.82) is 0 Å². The average Bonchev–Trinajstić information content (AvgIpc) is 2.46. The van der Waals surface area contributed by atoms with Crippen molar-refractivity contribution >= 4 is 16.1 Å². The zero-order chi connectivity index (χ0) is 17.2. The van der Waals surface area contributed by atoms with E-state index in [0.29, 0.717) is 18.7 Å². The summed E-state index contributed by atoms with van der Waals surface area (Å²) in [4.78, 5) is 11.1. The average molecular weight is 341 g/mol. The summed E-state index contributed by atoms with van der Waals surface area (Å²) < 4.78 is 33.7. The van der Waals surface area contributed by atoms with E-state index in [4.69, 9.17) is 10.5 Å². The van der Waals surface area contributed by atoms with Gasteiger partial charge in [0.2, 0.25) is 5.91 Å². The Morgan fingerprint density at radius 3 is 2.26 bits per heavy atom. The predicted molar refractivity (Wildman–Crippen MR) is 86.9 cm³/mol. The molecule has 1 fully saturated rings. The lowest BCUT2D eigenvalue weighted by molar-refractivity contribution is -0.0453. The summed E-state index contributed by atoms with van der Waals surface area (Å²) in [5.74, 6) is -0.506. The standard InChI is InChI=1S/C15H23N3O4S/c1-11-8-18(9-12(2)22-11)23(20,21)17(3)10-13-4-6-14(7-5-13)15(16)19/h4-7,11-12H,8-10H2,1-3H3,(H2,16,19). The van der Waals surface area contributed by atoms with Crippen molar-refractivity contribution in [3.63, 3.8) is 0 Å². The normalized spacial score (nSPS) is 23.1. The topological polar surface area (TPSA) is 92.9 Å². The minimum absolute atomic E-state index is 0.128. The summed E-state index contributed by atoms with van der Waals surface area (Å²) in [5, 5.41) is 0. The van der Waals surface area contributed by atoms with Crippen molar-refractivity contribution in [2.45, 2.75) is 32.6 Å². The number of rotatable bonds is 5. The Morgan fingerprint density at radius 1 is 1.26 bits per heavy atom. The van der Waals surface area contributed by atoms with Crippen molar-refractivity contribution in [2.75, 3.05) is 20.1 Å². The number of carbonyl (C=O) groups excluding carboxylic acids is 1. The highest BCUT2D eigenvalue weighted by molar-refractivity contribution is 7.86. The van der Waals surface area contributed by atoms with E-state index in [-0.39, 0.29) is 18.8 Å². The van der Waals surface area contributed by atoms with Gasteiger partial charge in [0.15, 0.2) is 0 Å². The van der Waals surface area contributed by atoms with Crippen LogP contribution in [0.4, 0.5) is 0 Å². The van der Waals surface area contributed by atoms with Crippen LogP contribution in [0.5, 0.6) is 0 Å². The second kappa shape index (κ2) is 6.96. The quantitative estimate of drug-likeness (QED) is 0.847. The fourth-order valence-electron chi connectivity index (χ4n) is 2.63. The Kier molecular flexibility index (Phi) is 5.41. The first kappa shape index (κ1) is 17.9. The molecule has 128 valence electrons. The van der Waals surface area contributed by atoms with E-state index in [0.717, 1.165) is 5.56 Å². The molecular formula is C15H23N3O4S. The van der Waals surface area contributed by atoms with Crippen LogP contribution in [0, 0.1) is 0 Å². The maximum absolute atomic E-state index is 12.7. The van der Waals surface area contributed by atoms with Crippen LogP contribution in [0.1, 0.15) is 29.8 Å². The Balaban J connectivity index is 2.09. The van der Waals surface area contributed by atoms with Crippen molar-refractivity contribution in [1.82, 2.24) is 8.61 Å². The fraction of sp³-hybridized carbons (Fsp3) is 0.533. The van der Waals surface area contributed by atoms with Crippen LogP contribution in [0.15, 0.2) is 24.3 Å². The summed E-state index contributed by atoms with van der Waals surface area (Å²) in [7, 11) is -2.01. The van der Waals surface area contributed by atoms with Gasteiger partial charge in [0.1, 0.15) is 0 Å². The first-order valence-electron chi connectivity index (χ1n) is 7.45. The maximum Gasteiger partial charge on any atom is 0.282 e. The highest BCUT2D eigenvalue weighted by Gasteiger charge is 2.33. The van der Waals surface area contributed by atoms with Gasteiger partial charge in [-0.1, -0.05) is 12.1 Å². The summed E-state index contributed by atoms with van der Waals surface area (Å²) in [6, 6.07) is 6.60. The zero-order valence-corrected chi connectivity index (χ0v) is 14.4. The van der Waals surface area contributed by atoms with Crippen molar-refractivity contribution < 1.29 is 17.9 Å². The zero-order valence-electron chi connectivity index (χ0n) is 13.6. The molecule has 2 rings (SSSR count). The molecule has 1 aliphatic heterocycles. The number of amides is 1. The van der Waals surface area contributed by atoms with Crippen LogP contribution in [0.25, 0.3) is 0 Å². The van der Waals surface area contributed by atoms with E-state index >= 15 is 0 Å². The number of ether oxygens (including phenoxy) is 1. The molecular weight excluding hydrogens is 318 g/mol. The Hall–Kier alpha value is -1.48. The van der Waals surface area contributed by atoms with Gasteiger partial charge >= 0.3 is 0 Å². The summed E-state index contributed by atoms with van der Waals surface area (Å²) in [5.41, 5.74) is 6.38. The molecule has 2 unspecified atom stereocenters. The minimum Gasteiger partial charge on any atom is -0.373 e. The second-order valence-corrected chi connectivity index (χ2v) is 7.93. The molecule has 1 saturated heterocycles. The van der Waals surface area contributed by atoms with Crippen molar-refractivity contribution in [3.8, 4) is 0 Å². The van der Waals surface area contributed by atoms with Gasteiger partial charge in [0.05, 0.1) is 12.2 Å². The largest absolute Gasteiger partial charge is 0.373 e. The van der Waals surface area contributed by atoms with Gasteiger partial charge in [-0.2, -0.15) is 17.0 Å². The minimum atomic E-state index is -3.56. The third-order valence-corrected chi connectivity index (χ3v) is 5.62. The van der Waals surface area contributed by atoms with Gasteiger partial charge in [-0.15, -0.1) is 0 Å². The van der Waals surface area contributed by atoms with E-state index in [1.54, 1.807) is 31.3 Å². The monoisotopic (exact) mass is 341 g/mol. The van der Waals surface area contributed by atoms with Gasteiger partial charge in [-0.25, -0.2) is 0 Å². The Morgan fingerprint density at radius 2 is 1.78 bits per heavy atom. The summed E-state index contributed by atoms with van der Waals surface area (Å²) >= 11 is 0. The molecule has 23 heavy (non-hydrogen) atoms. The molecule has 0 aromatic heterocycles. The van der Waals surface area contributed by atoms with Gasteiger partial charge in [-0.05, 0) is 31.5 Å². The molecule has 1 aromatic carbocycles. The molecule has 1 heterocycles. The van der Waals surface area contributed by atoms with E-state index in [1.165, 1.54) is 8.61 Å². The Bertz CT molecular complexity index is 650. The third-order valence-electron chi connectivity index (χ3n) is 3.75. The third kappa shape index (κ3) is 4.29. The number of benzene rings is 1. The van der Waals surface area contributed by atoms with Crippen LogP contribution >= 0.6 is 0 Å². The lowest BCUT2D eigenvalue weighted by Crippen LogP contribution is -2.52. The first-order chi connectivity index (χ1) is 10.7. The lowest BCUT2D eigenvalue weighted by atomic mass is 10.1. The first-order valence-corrected chi connectivity index (χ1v) is 8.85. The van der Waals surface area contributed by atoms with Crippen LogP contribution in [-0.4, -0.2) is 55.3 Å². The Labute approximate surface area is 137 Å². The molecule has 7 nitrogen and oxygen atoms in total. The van der Waals surface area contributed by atoms with Crippen LogP contribution < -0.4 is 5.73 Å². The number of primary amides is 1.